The van der Waals surface area contributed by atoms with Gasteiger partial charge in [0.2, 0.25) is 5.01 Å². The highest BCUT2D eigenvalue weighted by Crippen LogP contribution is 2.43. The molecule has 2 saturated carbocycles. The minimum Gasteiger partial charge on any atom is -0.493 e. The number of hydrogen-bond acceptors (Lipinski definition) is 6. The van der Waals surface area contributed by atoms with Gasteiger partial charge >= 0.3 is 6.18 Å². The van der Waals surface area contributed by atoms with Crippen molar-refractivity contribution in [3.63, 3.8) is 0 Å². The average molecular weight is 543 g/mol. The van der Waals surface area contributed by atoms with Gasteiger partial charge < -0.3 is 14.6 Å². The summed E-state index contributed by atoms with van der Waals surface area (Å²) in [5.74, 6) is 8.15. The summed E-state index contributed by atoms with van der Waals surface area (Å²) in [5.41, 5.74) is 1.73. The van der Waals surface area contributed by atoms with Crippen LogP contribution in [0.3, 0.4) is 0 Å². The Morgan fingerprint density at radius 1 is 1.00 bits per heavy atom. The largest absolute Gasteiger partial charge is 0.493 e. The third-order valence-corrected chi connectivity index (χ3v) is 8.36. The Morgan fingerprint density at radius 2 is 1.76 bits per heavy atom. The lowest BCUT2D eigenvalue weighted by Crippen LogP contribution is -2.32. The molecular formula is C29H29F3N2O3S. The maximum absolute atomic E-state index is 13.0. The van der Waals surface area contributed by atoms with Crippen molar-refractivity contribution in [3.05, 3.63) is 58.6 Å². The highest BCUT2D eigenvalue weighted by Gasteiger charge is 2.37. The van der Waals surface area contributed by atoms with E-state index < -0.39 is 16.6 Å². The van der Waals surface area contributed by atoms with Crippen molar-refractivity contribution in [1.29, 1.82) is 0 Å². The van der Waals surface area contributed by atoms with Crippen LogP contribution in [0.15, 0.2) is 42.5 Å². The number of aliphatic hydroxyl groups is 1. The molecule has 5 rings (SSSR count). The molecule has 0 bridgehead atoms. The van der Waals surface area contributed by atoms with Crippen molar-refractivity contribution in [2.24, 2.45) is 0 Å². The number of aliphatic hydroxyl groups excluding tert-OH is 1. The lowest BCUT2D eigenvalue weighted by atomic mass is 9.69. The molecule has 5 nitrogen and oxygen atoms in total. The first-order valence-corrected chi connectivity index (χ1v) is 13.6. The molecule has 1 heterocycles. The van der Waals surface area contributed by atoms with Crippen molar-refractivity contribution < 1.29 is 27.8 Å². The molecule has 0 saturated heterocycles. The van der Waals surface area contributed by atoms with E-state index >= 15 is 0 Å². The van der Waals surface area contributed by atoms with E-state index in [1.807, 2.05) is 24.3 Å². The lowest BCUT2D eigenvalue weighted by Gasteiger charge is -2.35. The van der Waals surface area contributed by atoms with Gasteiger partial charge in [-0.25, -0.2) is 0 Å². The molecule has 3 aromatic rings. The number of hydrogen-bond donors (Lipinski definition) is 1. The molecule has 1 aromatic heterocycles. The molecule has 0 spiro atoms. The summed E-state index contributed by atoms with van der Waals surface area (Å²) in [6, 6.07) is 13.0. The first kappa shape index (κ1) is 26.5. The summed E-state index contributed by atoms with van der Waals surface area (Å²) in [4.78, 5) is 0. The van der Waals surface area contributed by atoms with Crippen LogP contribution in [0.25, 0.3) is 10.6 Å². The third kappa shape index (κ3) is 5.82. The highest BCUT2D eigenvalue weighted by atomic mass is 32.1. The van der Waals surface area contributed by atoms with Gasteiger partial charge in [-0.1, -0.05) is 41.4 Å². The maximum Gasteiger partial charge on any atom is 0.445 e. The second-order valence-electron chi connectivity index (χ2n) is 9.94. The minimum atomic E-state index is -4.52. The maximum atomic E-state index is 13.0. The number of nitrogens with zero attached hydrogens (tertiary/aromatic N) is 2. The molecule has 0 radical (unpaired) electrons. The van der Waals surface area contributed by atoms with Gasteiger partial charge in [0.05, 0.1) is 24.7 Å². The quantitative estimate of drug-likeness (QED) is 0.360. The molecule has 9 heteroatoms. The van der Waals surface area contributed by atoms with Crippen LogP contribution >= 0.6 is 11.3 Å². The van der Waals surface area contributed by atoms with E-state index in [1.54, 1.807) is 25.3 Å². The van der Waals surface area contributed by atoms with Crippen LogP contribution in [0, 0.1) is 11.8 Å². The van der Waals surface area contributed by atoms with Crippen molar-refractivity contribution in [2.45, 2.75) is 75.2 Å². The Hall–Kier alpha value is -3.09. The van der Waals surface area contributed by atoms with E-state index in [0.717, 1.165) is 31.2 Å². The van der Waals surface area contributed by atoms with Crippen LogP contribution in [0.1, 0.15) is 67.5 Å². The predicted molar refractivity (Wildman–Crippen MR) is 139 cm³/mol. The second kappa shape index (κ2) is 11.0. The van der Waals surface area contributed by atoms with Crippen molar-refractivity contribution in [1.82, 2.24) is 10.2 Å². The van der Waals surface area contributed by atoms with E-state index in [1.165, 1.54) is 0 Å². The molecule has 0 unspecified atom stereocenters. The molecule has 38 heavy (non-hydrogen) atoms. The van der Waals surface area contributed by atoms with Gasteiger partial charge in [0.25, 0.3) is 0 Å². The molecule has 2 fully saturated rings. The van der Waals surface area contributed by atoms with E-state index in [2.05, 4.69) is 22.0 Å². The van der Waals surface area contributed by atoms with Gasteiger partial charge in [-0.05, 0) is 81.2 Å². The van der Waals surface area contributed by atoms with Crippen molar-refractivity contribution >= 4 is 11.3 Å². The number of halogens is 3. The summed E-state index contributed by atoms with van der Waals surface area (Å²) in [7, 11) is 1.63. The molecule has 2 aliphatic carbocycles. The zero-order valence-corrected chi connectivity index (χ0v) is 21.9. The van der Waals surface area contributed by atoms with Gasteiger partial charge in [0.15, 0.2) is 11.5 Å². The smallest absolute Gasteiger partial charge is 0.445 e. The molecule has 0 atom stereocenters. The van der Waals surface area contributed by atoms with Gasteiger partial charge in [-0.2, -0.15) is 13.2 Å². The molecule has 1 N–H and O–H groups in total. The normalized spacial score (nSPS) is 22.1. The Morgan fingerprint density at radius 3 is 2.45 bits per heavy atom. The molecule has 0 amide bonds. The summed E-state index contributed by atoms with van der Waals surface area (Å²) in [6.07, 6.45) is 2.29. The monoisotopic (exact) mass is 542 g/mol. The van der Waals surface area contributed by atoms with E-state index in [9.17, 15) is 18.3 Å². The SMILES string of the molecule is COc1ccc(C2(C#Cc3cccc(-c4nnc(C(F)(F)F)s4)c3)CCC(O)CC2)cc1OC1CCCC1. The number of alkyl halides is 3. The number of rotatable bonds is 5. The van der Waals surface area contributed by atoms with Crippen LogP contribution < -0.4 is 9.47 Å². The Bertz CT molecular complexity index is 1330. The number of ether oxygens (including phenoxy) is 2. The van der Waals surface area contributed by atoms with Crippen LogP contribution in [-0.2, 0) is 11.6 Å². The first-order valence-electron chi connectivity index (χ1n) is 12.8. The average Bonchev–Trinajstić information content (AvgIpc) is 3.62. The standard InChI is InChI=1S/C29H29F3N2O3S/c1-36-24-10-9-21(18-25(24)37-23-7-2-3-8-23)28(15-12-22(35)13-16-28)14-11-19-5-4-6-20(17-19)26-33-34-27(38-26)29(30,31)32/h4-6,9-10,17-18,22-23,35H,2-3,7-8,12-13,15-16H2,1H3. The fraction of sp³-hybridized carbons (Fsp3) is 0.448. The summed E-state index contributed by atoms with van der Waals surface area (Å²) in [6.45, 7) is 0. The first-order chi connectivity index (χ1) is 18.3. The Balaban J connectivity index is 1.47. The van der Waals surface area contributed by atoms with Crippen LogP contribution in [-0.4, -0.2) is 34.6 Å². The molecule has 2 aromatic carbocycles. The topological polar surface area (TPSA) is 64.5 Å². The molecular weight excluding hydrogens is 513 g/mol. The fourth-order valence-electron chi connectivity index (χ4n) is 5.21. The lowest BCUT2D eigenvalue weighted by molar-refractivity contribution is -0.138. The second-order valence-corrected chi connectivity index (χ2v) is 10.9. The Kier molecular flexibility index (Phi) is 7.64. The number of benzene rings is 2. The molecule has 200 valence electrons. The zero-order chi connectivity index (χ0) is 26.8. The zero-order valence-electron chi connectivity index (χ0n) is 21.1. The van der Waals surface area contributed by atoms with Gasteiger partial charge in [-0.3, -0.25) is 0 Å². The molecule has 0 aliphatic heterocycles. The van der Waals surface area contributed by atoms with Crippen LogP contribution in [0.5, 0.6) is 11.5 Å². The van der Waals surface area contributed by atoms with E-state index in [0.29, 0.717) is 59.6 Å². The predicted octanol–water partition coefficient (Wildman–Crippen LogP) is 6.78. The Labute approximate surface area is 224 Å². The van der Waals surface area contributed by atoms with Gasteiger partial charge in [0, 0.05) is 11.1 Å². The number of methoxy groups -OCH3 is 1. The summed E-state index contributed by atoms with van der Waals surface area (Å²) >= 11 is 0.513. The third-order valence-electron chi connectivity index (χ3n) is 7.34. The van der Waals surface area contributed by atoms with Gasteiger partial charge in [0.1, 0.15) is 5.01 Å². The van der Waals surface area contributed by atoms with E-state index in [4.69, 9.17) is 9.47 Å². The summed E-state index contributed by atoms with van der Waals surface area (Å²) in [5, 5.41) is 16.5. The highest BCUT2D eigenvalue weighted by molar-refractivity contribution is 7.14. The fourth-order valence-corrected chi connectivity index (χ4v) is 5.92. The van der Waals surface area contributed by atoms with Gasteiger partial charge in [-0.15, -0.1) is 10.2 Å². The van der Waals surface area contributed by atoms with Crippen LogP contribution in [0.4, 0.5) is 13.2 Å². The van der Waals surface area contributed by atoms with E-state index in [-0.39, 0.29) is 17.2 Å². The van der Waals surface area contributed by atoms with Crippen molar-refractivity contribution in [3.8, 4) is 33.9 Å². The van der Waals surface area contributed by atoms with Crippen molar-refractivity contribution in [2.75, 3.05) is 7.11 Å². The number of aromatic nitrogens is 2. The minimum absolute atomic E-state index is 0.176. The summed E-state index contributed by atoms with van der Waals surface area (Å²) < 4.78 is 50.9. The molecule has 2 aliphatic rings. The van der Waals surface area contributed by atoms with Crippen LogP contribution in [0.2, 0.25) is 0 Å².